The Kier molecular flexibility index (Phi) is 3.94. The summed E-state index contributed by atoms with van der Waals surface area (Å²) < 4.78 is 29.0. The van der Waals surface area contributed by atoms with Crippen molar-refractivity contribution in [3.63, 3.8) is 0 Å². The van der Waals surface area contributed by atoms with Crippen LogP contribution in [0.4, 0.5) is 8.78 Å². The van der Waals surface area contributed by atoms with Gasteiger partial charge < -0.3 is 10.1 Å². The highest BCUT2D eigenvalue weighted by molar-refractivity contribution is 5.39. The predicted octanol–water partition coefficient (Wildman–Crippen LogP) is 3.00. The van der Waals surface area contributed by atoms with E-state index in [2.05, 4.69) is 17.0 Å². The zero-order valence-corrected chi connectivity index (χ0v) is 9.83. The van der Waals surface area contributed by atoms with Crippen LogP contribution in [0, 0.1) is 5.92 Å². The van der Waals surface area contributed by atoms with Gasteiger partial charge in [-0.25, -0.2) is 0 Å². The van der Waals surface area contributed by atoms with Gasteiger partial charge in [-0.2, -0.15) is 8.78 Å². The lowest BCUT2D eigenvalue weighted by molar-refractivity contribution is -0.0504. The van der Waals surface area contributed by atoms with Gasteiger partial charge in [0.25, 0.3) is 0 Å². The Balaban J connectivity index is 2.01. The molecule has 0 bridgehead atoms. The van der Waals surface area contributed by atoms with E-state index in [9.17, 15) is 8.78 Å². The summed E-state index contributed by atoms with van der Waals surface area (Å²) in [6, 6.07) is 7.09. The molecule has 0 aromatic heterocycles. The van der Waals surface area contributed by atoms with E-state index >= 15 is 0 Å². The number of ether oxygens (including phenoxy) is 1. The Morgan fingerprint density at radius 1 is 1.41 bits per heavy atom. The molecule has 4 heteroatoms. The summed E-state index contributed by atoms with van der Waals surface area (Å²) in [6.07, 6.45) is 1.05. The lowest BCUT2D eigenvalue weighted by atomic mass is 10.1. The number of hydrogen-bond acceptors (Lipinski definition) is 2. The van der Waals surface area contributed by atoms with Crippen LogP contribution in [0.5, 0.6) is 5.75 Å². The van der Waals surface area contributed by atoms with E-state index in [1.807, 2.05) is 12.1 Å². The minimum absolute atomic E-state index is 0.325. The summed E-state index contributed by atoms with van der Waals surface area (Å²) in [4.78, 5) is 0. The fourth-order valence-electron chi connectivity index (χ4n) is 2.17. The van der Waals surface area contributed by atoms with E-state index in [0.717, 1.165) is 25.1 Å². The van der Waals surface area contributed by atoms with E-state index < -0.39 is 6.61 Å². The summed E-state index contributed by atoms with van der Waals surface area (Å²) in [6.45, 7) is 1.20. The molecular weight excluding hydrogens is 224 g/mol. The number of halogens is 2. The van der Waals surface area contributed by atoms with E-state index in [1.54, 1.807) is 12.1 Å². The van der Waals surface area contributed by atoms with Gasteiger partial charge in [0.15, 0.2) is 0 Å². The zero-order valence-electron chi connectivity index (χ0n) is 9.83. The van der Waals surface area contributed by atoms with Gasteiger partial charge in [0.2, 0.25) is 0 Å². The SMILES string of the molecule is CCNCC1CC1c1ccccc1OC(F)F. The predicted molar refractivity (Wildman–Crippen MR) is 62.5 cm³/mol. The molecule has 1 aliphatic carbocycles. The molecular formula is C13H17F2NO. The number of nitrogens with one attached hydrogen (secondary N) is 1. The highest BCUT2D eigenvalue weighted by Crippen LogP contribution is 2.50. The molecule has 1 fully saturated rings. The van der Waals surface area contributed by atoms with E-state index in [0.29, 0.717) is 17.6 Å². The second-order valence-corrected chi connectivity index (χ2v) is 4.33. The van der Waals surface area contributed by atoms with Gasteiger partial charge in [-0.15, -0.1) is 0 Å². The molecule has 0 amide bonds. The van der Waals surface area contributed by atoms with Crippen molar-refractivity contribution >= 4 is 0 Å². The summed E-state index contributed by atoms with van der Waals surface area (Å²) in [5, 5.41) is 3.28. The average molecular weight is 241 g/mol. The summed E-state index contributed by atoms with van der Waals surface area (Å²) in [5.74, 6) is 1.24. The van der Waals surface area contributed by atoms with Gasteiger partial charge >= 0.3 is 6.61 Å². The minimum atomic E-state index is -2.75. The molecule has 17 heavy (non-hydrogen) atoms. The maximum absolute atomic E-state index is 12.2. The Morgan fingerprint density at radius 2 is 2.18 bits per heavy atom. The highest BCUT2D eigenvalue weighted by Gasteiger charge is 2.39. The van der Waals surface area contributed by atoms with E-state index in [4.69, 9.17) is 0 Å². The Labute approximate surface area is 100.0 Å². The van der Waals surface area contributed by atoms with Crippen molar-refractivity contribution in [1.82, 2.24) is 5.32 Å². The third-order valence-electron chi connectivity index (χ3n) is 3.11. The second-order valence-electron chi connectivity index (χ2n) is 4.33. The van der Waals surface area contributed by atoms with Gasteiger partial charge in [-0.05, 0) is 43.0 Å². The van der Waals surface area contributed by atoms with Gasteiger partial charge in [-0.1, -0.05) is 25.1 Å². The zero-order chi connectivity index (χ0) is 12.3. The van der Waals surface area contributed by atoms with Crippen LogP contribution < -0.4 is 10.1 Å². The van der Waals surface area contributed by atoms with Gasteiger partial charge in [-0.3, -0.25) is 0 Å². The van der Waals surface area contributed by atoms with E-state index in [1.165, 1.54) is 0 Å². The Morgan fingerprint density at radius 3 is 2.88 bits per heavy atom. The third-order valence-corrected chi connectivity index (χ3v) is 3.11. The van der Waals surface area contributed by atoms with Crippen LogP contribution in [0.1, 0.15) is 24.8 Å². The van der Waals surface area contributed by atoms with Crippen LogP contribution >= 0.6 is 0 Å². The number of benzene rings is 1. The van der Waals surface area contributed by atoms with Crippen LogP contribution in [0.2, 0.25) is 0 Å². The molecule has 1 saturated carbocycles. The first kappa shape index (κ1) is 12.3. The molecule has 2 unspecified atom stereocenters. The molecule has 0 aliphatic heterocycles. The molecule has 0 saturated heterocycles. The molecule has 2 rings (SSSR count). The van der Waals surface area contributed by atoms with Crippen molar-refractivity contribution < 1.29 is 13.5 Å². The molecule has 1 aromatic carbocycles. The quantitative estimate of drug-likeness (QED) is 0.826. The van der Waals surface area contributed by atoms with Crippen LogP contribution in [-0.4, -0.2) is 19.7 Å². The molecule has 0 radical (unpaired) electrons. The lowest BCUT2D eigenvalue weighted by Crippen LogP contribution is -2.16. The monoisotopic (exact) mass is 241 g/mol. The van der Waals surface area contributed by atoms with Gasteiger partial charge in [0.1, 0.15) is 5.75 Å². The first-order chi connectivity index (χ1) is 8.22. The molecule has 1 N–H and O–H groups in total. The van der Waals surface area contributed by atoms with Crippen molar-refractivity contribution in [2.45, 2.75) is 25.9 Å². The van der Waals surface area contributed by atoms with Crippen molar-refractivity contribution in [3.8, 4) is 5.75 Å². The second kappa shape index (κ2) is 5.45. The first-order valence-corrected chi connectivity index (χ1v) is 5.96. The average Bonchev–Trinajstić information content (AvgIpc) is 3.05. The normalized spacial score (nSPS) is 22.8. The van der Waals surface area contributed by atoms with Crippen molar-refractivity contribution in [2.24, 2.45) is 5.92 Å². The highest BCUT2D eigenvalue weighted by atomic mass is 19.3. The minimum Gasteiger partial charge on any atom is -0.435 e. The van der Waals surface area contributed by atoms with Crippen molar-refractivity contribution in [2.75, 3.05) is 13.1 Å². The Hall–Kier alpha value is -1.16. The van der Waals surface area contributed by atoms with Crippen molar-refractivity contribution in [3.05, 3.63) is 29.8 Å². The number of alkyl halides is 2. The molecule has 94 valence electrons. The van der Waals surface area contributed by atoms with Crippen LogP contribution in [-0.2, 0) is 0 Å². The smallest absolute Gasteiger partial charge is 0.387 e. The summed E-state index contributed by atoms with van der Waals surface area (Å²) in [5.41, 5.74) is 0.913. The number of rotatable bonds is 6. The largest absolute Gasteiger partial charge is 0.435 e. The standard InChI is InChI=1S/C13H17F2NO/c1-2-16-8-9-7-11(9)10-5-3-4-6-12(10)17-13(14)15/h3-6,9,11,13,16H,2,7-8H2,1H3. The van der Waals surface area contributed by atoms with Gasteiger partial charge in [0.05, 0.1) is 0 Å². The maximum atomic E-state index is 12.2. The first-order valence-electron chi connectivity index (χ1n) is 5.96. The molecule has 2 atom stereocenters. The number of para-hydroxylation sites is 1. The van der Waals surface area contributed by atoms with Crippen molar-refractivity contribution in [1.29, 1.82) is 0 Å². The van der Waals surface area contributed by atoms with Crippen LogP contribution in [0.15, 0.2) is 24.3 Å². The topological polar surface area (TPSA) is 21.3 Å². The van der Waals surface area contributed by atoms with Crippen LogP contribution in [0.25, 0.3) is 0 Å². The van der Waals surface area contributed by atoms with E-state index in [-0.39, 0.29) is 0 Å². The Bertz CT molecular complexity index is 370. The fraction of sp³-hybridized carbons (Fsp3) is 0.538. The third kappa shape index (κ3) is 3.16. The summed E-state index contributed by atoms with van der Waals surface area (Å²) in [7, 11) is 0. The van der Waals surface area contributed by atoms with Crippen LogP contribution in [0.3, 0.4) is 0 Å². The lowest BCUT2D eigenvalue weighted by Gasteiger charge is -2.10. The molecule has 1 aromatic rings. The molecule has 0 heterocycles. The molecule has 2 nitrogen and oxygen atoms in total. The molecule has 0 spiro atoms. The fourth-order valence-corrected chi connectivity index (χ4v) is 2.17. The van der Waals surface area contributed by atoms with Gasteiger partial charge in [0, 0.05) is 0 Å². The molecule has 1 aliphatic rings. The summed E-state index contributed by atoms with van der Waals surface area (Å²) >= 11 is 0. The maximum Gasteiger partial charge on any atom is 0.387 e. The number of hydrogen-bond donors (Lipinski definition) is 1.